The van der Waals surface area contributed by atoms with Crippen molar-refractivity contribution < 1.29 is 4.79 Å². The molecule has 5 nitrogen and oxygen atoms in total. The number of carbonyl (C=O) groups excluding carboxylic acids is 1. The van der Waals surface area contributed by atoms with Gasteiger partial charge in [0.2, 0.25) is 0 Å². The first-order valence-electron chi connectivity index (χ1n) is 8.21. The Kier molecular flexibility index (Phi) is 5.49. The largest absolute Gasteiger partial charge is 0.344 e. The summed E-state index contributed by atoms with van der Waals surface area (Å²) >= 11 is 5.99. The van der Waals surface area contributed by atoms with Crippen LogP contribution < -0.4 is 10.9 Å². The number of benzene rings is 2. The van der Waals surface area contributed by atoms with Crippen LogP contribution in [0.2, 0.25) is 5.02 Å². The highest BCUT2D eigenvalue weighted by molar-refractivity contribution is 6.30. The van der Waals surface area contributed by atoms with Crippen LogP contribution in [-0.4, -0.2) is 15.7 Å². The van der Waals surface area contributed by atoms with Crippen molar-refractivity contribution in [3.63, 3.8) is 0 Å². The molecular formula is C20H18ClN3O2. The molecular weight excluding hydrogens is 350 g/mol. The molecule has 1 atom stereocenters. The Morgan fingerprint density at radius 3 is 2.62 bits per heavy atom. The van der Waals surface area contributed by atoms with Gasteiger partial charge in [-0.2, -0.15) is 5.10 Å². The fraction of sp³-hybridized carbons (Fsp3) is 0.150. The Balaban J connectivity index is 1.77. The first kappa shape index (κ1) is 17.9. The van der Waals surface area contributed by atoms with Gasteiger partial charge in [0.1, 0.15) is 5.69 Å². The SMILES string of the molecule is CC(NC(=O)c1ccc(=O)n(Cc2ccccc2)n1)c1cccc(Cl)c1. The van der Waals surface area contributed by atoms with E-state index in [1.807, 2.05) is 49.4 Å². The van der Waals surface area contributed by atoms with Crippen LogP contribution in [0, 0.1) is 0 Å². The van der Waals surface area contributed by atoms with Gasteiger partial charge in [0.25, 0.3) is 11.5 Å². The minimum absolute atomic E-state index is 0.189. The third kappa shape index (κ3) is 4.37. The number of carbonyl (C=O) groups is 1. The first-order chi connectivity index (χ1) is 12.5. The number of rotatable bonds is 5. The van der Waals surface area contributed by atoms with Crippen LogP contribution in [0.3, 0.4) is 0 Å². The molecule has 0 aliphatic heterocycles. The molecule has 3 rings (SSSR count). The van der Waals surface area contributed by atoms with Crippen molar-refractivity contribution >= 4 is 17.5 Å². The predicted octanol–water partition coefficient (Wildman–Crippen LogP) is 3.44. The van der Waals surface area contributed by atoms with Crippen molar-refractivity contribution in [2.75, 3.05) is 0 Å². The molecule has 1 unspecified atom stereocenters. The first-order valence-corrected chi connectivity index (χ1v) is 8.59. The summed E-state index contributed by atoms with van der Waals surface area (Å²) in [6.07, 6.45) is 0. The van der Waals surface area contributed by atoms with E-state index in [0.717, 1.165) is 11.1 Å². The third-order valence-corrected chi connectivity index (χ3v) is 4.21. The van der Waals surface area contributed by atoms with E-state index in [4.69, 9.17) is 11.6 Å². The van der Waals surface area contributed by atoms with Gasteiger partial charge in [-0.15, -0.1) is 0 Å². The molecule has 1 amide bonds. The number of halogens is 1. The number of aromatic nitrogens is 2. The van der Waals surface area contributed by atoms with Crippen molar-refractivity contribution in [3.8, 4) is 0 Å². The molecule has 0 fully saturated rings. The zero-order chi connectivity index (χ0) is 18.5. The lowest BCUT2D eigenvalue weighted by molar-refractivity contribution is 0.0932. The highest BCUT2D eigenvalue weighted by Gasteiger charge is 2.14. The number of nitrogens with one attached hydrogen (secondary N) is 1. The number of hydrogen-bond donors (Lipinski definition) is 1. The summed E-state index contributed by atoms with van der Waals surface area (Å²) in [6, 6.07) is 19.4. The Bertz CT molecular complexity index is 970. The Hall–Kier alpha value is -2.92. The monoisotopic (exact) mass is 367 g/mol. The molecule has 1 aromatic heterocycles. The minimum atomic E-state index is -0.348. The fourth-order valence-corrected chi connectivity index (χ4v) is 2.77. The van der Waals surface area contributed by atoms with Gasteiger partial charge in [-0.05, 0) is 36.2 Å². The summed E-state index contributed by atoms with van der Waals surface area (Å²) < 4.78 is 1.29. The normalized spacial score (nSPS) is 11.8. The Labute approximate surface area is 156 Å². The second kappa shape index (κ2) is 7.97. The van der Waals surface area contributed by atoms with Gasteiger partial charge in [-0.1, -0.05) is 54.1 Å². The summed E-state index contributed by atoms with van der Waals surface area (Å²) in [5.41, 5.74) is 1.76. The summed E-state index contributed by atoms with van der Waals surface area (Å²) in [5.74, 6) is -0.348. The standard InChI is InChI=1S/C20H18ClN3O2/c1-14(16-8-5-9-17(21)12-16)22-20(26)18-10-11-19(25)24(23-18)13-15-6-3-2-4-7-15/h2-12,14H,13H2,1H3,(H,22,26). The molecule has 0 aliphatic rings. The lowest BCUT2D eigenvalue weighted by Gasteiger charge is -2.15. The van der Waals surface area contributed by atoms with Crippen LogP contribution in [0.1, 0.15) is 34.6 Å². The number of amides is 1. The minimum Gasteiger partial charge on any atom is -0.344 e. The lowest BCUT2D eigenvalue weighted by atomic mass is 10.1. The van der Waals surface area contributed by atoms with Gasteiger partial charge in [0.05, 0.1) is 12.6 Å². The van der Waals surface area contributed by atoms with E-state index in [0.29, 0.717) is 11.6 Å². The van der Waals surface area contributed by atoms with Crippen molar-refractivity contribution in [1.82, 2.24) is 15.1 Å². The third-order valence-electron chi connectivity index (χ3n) is 3.97. The maximum atomic E-state index is 12.5. The highest BCUT2D eigenvalue weighted by atomic mass is 35.5. The highest BCUT2D eigenvalue weighted by Crippen LogP contribution is 2.17. The van der Waals surface area contributed by atoms with E-state index in [1.165, 1.54) is 16.8 Å². The zero-order valence-corrected chi connectivity index (χ0v) is 15.0. The second-order valence-corrected chi connectivity index (χ2v) is 6.39. The topological polar surface area (TPSA) is 64.0 Å². The van der Waals surface area contributed by atoms with E-state index in [9.17, 15) is 9.59 Å². The summed E-state index contributed by atoms with van der Waals surface area (Å²) in [5, 5.41) is 7.68. The quantitative estimate of drug-likeness (QED) is 0.751. The van der Waals surface area contributed by atoms with E-state index < -0.39 is 0 Å². The summed E-state index contributed by atoms with van der Waals surface area (Å²) in [6.45, 7) is 2.17. The molecule has 26 heavy (non-hydrogen) atoms. The molecule has 1 N–H and O–H groups in total. The summed E-state index contributed by atoms with van der Waals surface area (Å²) in [7, 11) is 0. The molecule has 0 saturated heterocycles. The van der Waals surface area contributed by atoms with Crippen LogP contribution in [0.4, 0.5) is 0 Å². The molecule has 2 aromatic carbocycles. The molecule has 0 bridgehead atoms. The Morgan fingerprint density at radius 1 is 1.12 bits per heavy atom. The maximum Gasteiger partial charge on any atom is 0.272 e. The summed E-state index contributed by atoms with van der Waals surface area (Å²) in [4.78, 5) is 24.5. The zero-order valence-electron chi connectivity index (χ0n) is 14.2. The molecule has 0 aliphatic carbocycles. The van der Waals surface area contributed by atoms with Crippen molar-refractivity contribution in [3.05, 3.63) is 98.9 Å². The molecule has 0 radical (unpaired) electrons. The van der Waals surface area contributed by atoms with Gasteiger partial charge in [0.15, 0.2) is 0 Å². The van der Waals surface area contributed by atoms with E-state index in [1.54, 1.807) is 12.1 Å². The second-order valence-electron chi connectivity index (χ2n) is 5.95. The van der Waals surface area contributed by atoms with Gasteiger partial charge >= 0.3 is 0 Å². The molecule has 0 spiro atoms. The smallest absolute Gasteiger partial charge is 0.272 e. The van der Waals surface area contributed by atoms with E-state index in [-0.39, 0.29) is 23.2 Å². The Morgan fingerprint density at radius 2 is 1.88 bits per heavy atom. The van der Waals surface area contributed by atoms with Crippen LogP contribution >= 0.6 is 11.6 Å². The van der Waals surface area contributed by atoms with Gasteiger partial charge in [-0.3, -0.25) is 9.59 Å². The number of nitrogens with zero attached hydrogens (tertiary/aromatic N) is 2. The van der Waals surface area contributed by atoms with Crippen LogP contribution in [-0.2, 0) is 6.54 Å². The maximum absolute atomic E-state index is 12.5. The van der Waals surface area contributed by atoms with E-state index >= 15 is 0 Å². The van der Waals surface area contributed by atoms with Crippen LogP contribution in [0.25, 0.3) is 0 Å². The van der Waals surface area contributed by atoms with Gasteiger partial charge < -0.3 is 5.32 Å². The van der Waals surface area contributed by atoms with Crippen LogP contribution in [0.15, 0.2) is 71.5 Å². The van der Waals surface area contributed by atoms with Gasteiger partial charge in [-0.25, -0.2) is 4.68 Å². The van der Waals surface area contributed by atoms with Crippen molar-refractivity contribution in [2.45, 2.75) is 19.5 Å². The van der Waals surface area contributed by atoms with Crippen molar-refractivity contribution in [1.29, 1.82) is 0 Å². The number of hydrogen-bond acceptors (Lipinski definition) is 3. The fourth-order valence-electron chi connectivity index (χ4n) is 2.57. The molecule has 3 aromatic rings. The van der Waals surface area contributed by atoms with Gasteiger partial charge in [0, 0.05) is 11.1 Å². The van der Waals surface area contributed by atoms with Crippen LogP contribution in [0.5, 0.6) is 0 Å². The lowest BCUT2D eigenvalue weighted by Crippen LogP contribution is -2.31. The molecule has 1 heterocycles. The molecule has 6 heteroatoms. The average molecular weight is 368 g/mol. The molecule has 132 valence electrons. The molecule has 0 saturated carbocycles. The average Bonchev–Trinajstić information content (AvgIpc) is 2.64. The van der Waals surface area contributed by atoms with Crippen molar-refractivity contribution in [2.24, 2.45) is 0 Å². The van der Waals surface area contributed by atoms with E-state index in [2.05, 4.69) is 10.4 Å². The predicted molar refractivity (Wildman–Crippen MR) is 101 cm³/mol.